The Balaban J connectivity index is 2.61. The lowest BCUT2D eigenvalue weighted by Crippen LogP contribution is -1.87. The molecule has 0 aliphatic rings. The first-order chi connectivity index (χ1) is 8.15. The molecule has 90 valence electrons. The zero-order valence-electron chi connectivity index (χ0n) is 11.2. The number of aryl methyl sites for hydroxylation is 1. The molecular weight excluding hydrogens is 204 g/mol. The van der Waals surface area contributed by atoms with Crippen molar-refractivity contribution in [3.05, 3.63) is 71.3 Å². The zero-order chi connectivity index (χ0) is 12.7. The van der Waals surface area contributed by atoms with Crippen molar-refractivity contribution in [3.63, 3.8) is 0 Å². The molecule has 0 aromatic heterocycles. The van der Waals surface area contributed by atoms with E-state index in [1.54, 1.807) is 0 Å². The van der Waals surface area contributed by atoms with Gasteiger partial charge in [-0.15, -0.1) is 0 Å². The largest absolute Gasteiger partial charge is 0.0955 e. The minimum Gasteiger partial charge on any atom is -0.0955 e. The lowest BCUT2D eigenvalue weighted by atomic mass is 10.0. The summed E-state index contributed by atoms with van der Waals surface area (Å²) in [6.07, 6.45) is 8.44. The van der Waals surface area contributed by atoms with Crippen molar-refractivity contribution in [1.82, 2.24) is 0 Å². The Morgan fingerprint density at radius 2 is 2.06 bits per heavy atom. The molecule has 17 heavy (non-hydrogen) atoms. The highest BCUT2D eigenvalue weighted by Crippen LogP contribution is 2.11. The minimum absolute atomic E-state index is 0.929. The predicted molar refractivity (Wildman–Crippen MR) is 77.2 cm³/mol. The van der Waals surface area contributed by atoms with Crippen LogP contribution in [-0.4, -0.2) is 0 Å². The van der Waals surface area contributed by atoms with Crippen LogP contribution >= 0.6 is 0 Å². The van der Waals surface area contributed by atoms with Gasteiger partial charge in [0.25, 0.3) is 0 Å². The van der Waals surface area contributed by atoms with Crippen LogP contribution in [0.2, 0.25) is 0 Å². The maximum Gasteiger partial charge on any atom is -0.00315 e. The average molecular weight is 226 g/mol. The Labute approximate surface area is 105 Å². The Kier molecular flexibility index (Phi) is 5.48. The number of allylic oxidation sites excluding steroid dienone is 5. The van der Waals surface area contributed by atoms with E-state index in [1.807, 2.05) is 0 Å². The summed E-state index contributed by atoms with van der Waals surface area (Å²) >= 11 is 0. The molecule has 0 atom stereocenters. The van der Waals surface area contributed by atoms with Crippen LogP contribution in [-0.2, 0) is 6.42 Å². The summed E-state index contributed by atoms with van der Waals surface area (Å²) in [6, 6.07) is 8.60. The molecule has 0 unspecified atom stereocenters. The highest BCUT2D eigenvalue weighted by atomic mass is 14.0. The first-order valence-electron chi connectivity index (χ1n) is 6.22. The molecule has 1 aromatic carbocycles. The fraction of sp³-hybridized carbons (Fsp3) is 0.294. The average Bonchev–Trinajstić information content (AvgIpc) is 2.30. The van der Waals surface area contributed by atoms with Crippen molar-refractivity contribution in [2.75, 3.05) is 0 Å². The minimum atomic E-state index is 0.929. The summed E-state index contributed by atoms with van der Waals surface area (Å²) in [4.78, 5) is 0. The molecule has 0 heteroatoms. The summed E-state index contributed by atoms with van der Waals surface area (Å²) in [5.74, 6) is 0. The molecule has 0 saturated heterocycles. The van der Waals surface area contributed by atoms with Gasteiger partial charge in [0.1, 0.15) is 0 Å². The molecule has 0 aliphatic heterocycles. The summed E-state index contributed by atoms with van der Waals surface area (Å²) in [5.41, 5.74) is 5.15. The monoisotopic (exact) mass is 226 g/mol. The molecule has 0 heterocycles. The van der Waals surface area contributed by atoms with Crippen LogP contribution in [0.4, 0.5) is 0 Å². The van der Waals surface area contributed by atoms with Crippen LogP contribution in [0.15, 0.2) is 60.2 Å². The Bertz CT molecular complexity index is 433. The summed E-state index contributed by atoms with van der Waals surface area (Å²) in [5, 5.41) is 0. The number of hydrogen-bond donors (Lipinski definition) is 0. The van der Waals surface area contributed by atoms with Crippen molar-refractivity contribution in [1.29, 1.82) is 0 Å². The van der Waals surface area contributed by atoms with Crippen LogP contribution in [0.1, 0.15) is 31.4 Å². The smallest absolute Gasteiger partial charge is 0.00315 e. The molecule has 0 radical (unpaired) electrons. The van der Waals surface area contributed by atoms with Gasteiger partial charge in [-0.2, -0.15) is 0 Å². The van der Waals surface area contributed by atoms with Crippen molar-refractivity contribution >= 4 is 0 Å². The molecule has 0 fully saturated rings. The van der Waals surface area contributed by atoms with Gasteiger partial charge in [0.15, 0.2) is 0 Å². The van der Waals surface area contributed by atoms with Gasteiger partial charge in [-0.1, -0.05) is 72.7 Å². The van der Waals surface area contributed by atoms with Crippen molar-refractivity contribution in [2.45, 2.75) is 33.6 Å². The quantitative estimate of drug-likeness (QED) is 0.619. The van der Waals surface area contributed by atoms with Gasteiger partial charge in [0.2, 0.25) is 0 Å². The van der Waals surface area contributed by atoms with Crippen molar-refractivity contribution < 1.29 is 0 Å². The molecule has 0 N–H and O–H groups in total. The third-order valence-corrected chi connectivity index (χ3v) is 2.83. The number of rotatable bonds is 5. The molecule has 1 aromatic rings. The van der Waals surface area contributed by atoms with Gasteiger partial charge in [0.05, 0.1) is 0 Å². The summed E-state index contributed by atoms with van der Waals surface area (Å²) in [6.45, 7) is 10.5. The highest BCUT2D eigenvalue weighted by molar-refractivity contribution is 5.32. The fourth-order valence-electron chi connectivity index (χ4n) is 1.79. The van der Waals surface area contributed by atoms with E-state index in [2.05, 4.69) is 69.8 Å². The number of benzene rings is 1. The Morgan fingerprint density at radius 1 is 1.29 bits per heavy atom. The SMILES string of the molecule is C=C(/C=C\C(=C/C)CC)Cc1cccc(C)c1. The van der Waals surface area contributed by atoms with Gasteiger partial charge < -0.3 is 0 Å². The molecule has 0 nitrogen and oxygen atoms in total. The molecule has 0 aliphatic carbocycles. The first-order valence-corrected chi connectivity index (χ1v) is 6.22. The summed E-state index contributed by atoms with van der Waals surface area (Å²) in [7, 11) is 0. The van der Waals surface area contributed by atoms with Crippen molar-refractivity contribution in [3.8, 4) is 0 Å². The lowest BCUT2D eigenvalue weighted by Gasteiger charge is -2.03. The fourth-order valence-corrected chi connectivity index (χ4v) is 1.79. The molecule has 0 bridgehead atoms. The molecule has 0 spiro atoms. The zero-order valence-corrected chi connectivity index (χ0v) is 11.2. The third kappa shape index (κ3) is 4.86. The molecule has 0 amide bonds. The van der Waals surface area contributed by atoms with E-state index in [4.69, 9.17) is 0 Å². The standard InChI is InChI=1S/C17H22/c1-5-16(6-2)11-10-15(4)13-17-9-7-8-14(3)12-17/h5,7-12H,4,6,13H2,1-3H3/b11-10-,16-5-. The lowest BCUT2D eigenvalue weighted by molar-refractivity contribution is 1.13. The first kappa shape index (κ1) is 13.5. The van der Waals surface area contributed by atoms with E-state index in [9.17, 15) is 0 Å². The molecule has 0 saturated carbocycles. The normalized spacial score (nSPS) is 12.1. The van der Waals surface area contributed by atoms with Gasteiger partial charge in [-0.05, 0) is 32.3 Å². The van der Waals surface area contributed by atoms with E-state index < -0.39 is 0 Å². The predicted octanol–water partition coefficient (Wildman–Crippen LogP) is 5.01. The number of hydrogen-bond acceptors (Lipinski definition) is 0. The second-order valence-electron chi connectivity index (χ2n) is 4.37. The Hall–Kier alpha value is -1.56. The van der Waals surface area contributed by atoms with Gasteiger partial charge in [-0.3, -0.25) is 0 Å². The van der Waals surface area contributed by atoms with Crippen LogP contribution in [0, 0.1) is 6.92 Å². The van der Waals surface area contributed by atoms with E-state index in [0.717, 1.165) is 18.4 Å². The second kappa shape index (κ2) is 6.90. The van der Waals surface area contributed by atoms with E-state index in [0.29, 0.717) is 0 Å². The van der Waals surface area contributed by atoms with Crippen LogP contribution in [0.25, 0.3) is 0 Å². The second-order valence-corrected chi connectivity index (χ2v) is 4.37. The maximum absolute atomic E-state index is 4.11. The Morgan fingerprint density at radius 3 is 2.65 bits per heavy atom. The van der Waals surface area contributed by atoms with E-state index in [-0.39, 0.29) is 0 Å². The van der Waals surface area contributed by atoms with Crippen LogP contribution < -0.4 is 0 Å². The summed E-state index contributed by atoms with van der Waals surface area (Å²) < 4.78 is 0. The van der Waals surface area contributed by atoms with E-state index >= 15 is 0 Å². The van der Waals surface area contributed by atoms with Crippen LogP contribution in [0.5, 0.6) is 0 Å². The van der Waals surface area contributed by atoms with Crippen molar-refractivity contribution in [2.24, 2.45) is 0 Å². The molecular formula is C17H22. The van der Waals surface area contributed by atoms with Gasteiger partial charge in [-0.25, -0.2) is 0 Å². The van der Waals surface area contributed by atoms with E-state index in [1.165, 1.54) is 16.7 Å². The third-order valence-electron chi connectivity index (χ3n) is 2.83. The topological polar surface area (TPSA) is 0 Å². The highest BCUT2D eigenvalue weighted by Gasteiger charge is 1.95. The van der Waals surface area contributed by atoms with Gasteiger partial charge in [0, 0.05) is 0 Å². The maximum atomic E-state index is 4.11. The van der Waals surface area contributed by atoms with Gasteiger partial charge >= 0.3 is 0 Å². The van der Waals surface area contributed by atoms with Crippen LogP contribution in [0.3, 0.4) is 0 Å². The molecule has 1 rings (SSSR count).